The molecule has 2 aliphatic carbocycles. The monoisotopic (exact) mass is 480 g/mol. The van der Waals surface area contributed by atoms with Crippen LogP contribution in [0.5, 0.6) is 0 Å². The van der Waals surface area contributed by atoms with Gasteiger partial charge in [-0.1, -0.05) is 61.4 Å². The number of nitrogens with one attached hydrogen (secondary N) is 2. The Morgan fingerprint density at radius 3 is 2.23 bits per heavy atom. The lowest BCUT2D eigenvalue weighted by Crippen LogP contribution is -2.52. The van der Waals surface area contributed by atoms with Crippen molar-refractivity contribution in [2.45, 2.75) is 56.5 Å². The minimum absolute atomic E-state index is 0.0233. The number of benzene rings is 2. The highest BCUT2D eigenvalue weighted by Crippen LogP contribution is 2.44. The van der Waals surface area contributed by atoms with Gasteiger partial charge >= 0.3 is 12.1 Å². The van der Waals surface area contributed by atoms with Gasteiger partial charge in [-0.25, -0.2) is 4.79 Å². The van der Waals surface area contributed by atoms with E-state index >= 15 is 0 Å². The van der Waals surface area contributed by atoms with E-state index in [-0.39, 0.29) is 43.9 Å². The summed E-state index contributed by atoms with van der Waals surface area (Å²) >= 11 is 0. The molecule has 0 heterocycles. The second-order valence-corrected chi connectivity index (χ2v) is 9.30. The van der Waals surface area contributed by atoms with Crippen molar-refractivity contribution in [2.75, 3.05) is 13.2 Å². The standard InChI is InChI=1S/C27H32N2O6/c30-15-17-7-1-6-12-23(17)28-26(33)24(13-14-25(31)32)29-27(34)35-16-22-20-10-4-2-8-18(20)19-9-3-5-11-21(19)22/h2-5,8-11,17,22-24,30H,1,6-7,12-16H2,(H,28,33)(H,29,34)(H,31,32). The van der Waals surface area contributed by atoms with Crippen LogP contribution in [0.2, 0.25) is 0 Å². The number of fused-ring (bicyclic) bond motifs is 3. The molecule has 1 saturated carbocycles. The van der Waals surface area contributed by atoms with Crippen LogP contribution in [-0.4, -0.2) is 53.5 Å². The molecule has 4 N–H and O–H groups in total. The number of ether oxygens (including phenoxy) is 1. The number of carboxylic acid groups (broad SMARTS) is 1. The summed E-state index contributed by atoms with van der Waals surface area (Å²) in [7, 11) is 0. The maximum atomic E-state index is 13.0. The molecule has 8 heteroatoms. The number of carboxylic acids is 1. The van der Waals surface area contributed by atoms with Gasteiger partial charge in [-0.05, 0) is 41.5 Å². The predicted octanol–water partition coefficient (Wildman–Crippen LogP) is 3.43. The zero-order chi connectivity index (χ0) is 24.8. The summed E-state index contributed by atoms with van der Waals surface area (Å²) in [6.07, 6.45) is 2.42. The molecule has 0 radical (unpaired) electrons. The van der Waals surface area contributed by atoms with Crippen molar-refractivity contribution in [1.82, 2.24) is 10.6 Å². The van der Waals surface area contributed by atoms with Gasteiger partial charge in [0.05, 0.1) is 0 Å². The van der Waals surface area contributed by atoms with Crippen LogP contribution >= 0.6 is 0 Å². The van der Waals surface area contributed by atoms with Gasteiger partial charge in [-0.3, -0.25) is 9.59 Å². The molecule has 2 aromatic carbocycles. The Labute approximate surface area is 204 Å². The number of hydrogen-bond donors (Lipinski definition) is 4. The molecule has 2 aromatic rings. The highest BCUT2D eigenvalue weighted by molar-refractivity contribution is 5.86. The first kappa shape index (κ1) is 24.7. The van der Waals surface area contributed by atoms with E-state index < -0.39 is 24.0 Å². The molecular formula is C27H32N2O6. The summed E-state index contributed by atoms with van der Waals surface area (Å²) in [6, 6.07) is 14.8. The molecule has 186 valence electrons. The van der Waals surface area contributed by atoms with Crippen LogP contribution in [0.15, 0.2) is 48.5 Å². The van der Waals surface area contributed by atoms with Crippen LogP contribution in [0.4, 0.5) is 4.79 Å². The van der Waals surface area contributed by atoms with Crippen molar-refractivity contribution in [2.24, 2.45) is 5.92 Å². The predicted molar refractivity (Wildman–Crippen MR) is 130 cm³/mol. The maximum absolute atomic E-state index is 13.0. The summed E-state index contributed by atoms with van der Waals surface area (Å²) in [4.78, 5) is 36.8. The number of carbonyl (C=O) groups excluding carboxylic acids is 2. The van der Waals surface area contributed by atoms with E-state index in [1.54, 1.807) is 0 Å². The molecule has 3 atom stereocenters. The van der Waals surface area contributed by atoms with Crippen molar-refractivity contribution in [3.63, 3.8) is 0 Å². The van der Waals surface area contributed by atoms with Gasteiger partial charge in [0.1, 0.15) is 12.6 Å². The van der Waals surface area contributed by atoms with Crippen LogP contribution < -0.4 is 10.6 Å². The Bertz CT molecular complexity index is 1030. The molecule has 3 unspecified atom stereocenters. The van der Waals surface area contributed by atoms with Crippen LogP contribution in [-0.2, 0) is 14.3 Å². The summed E-state index contributed by atoms with van der Waals surface area (Å²) in [5, 5.41) is 24.2. The van der Waals surface area contributed by atoms with Gasteiger partial charge < -0.3 is 25.6 Å². The number of aliphatic hydroxyl groups excluding tert-OH is 1. The smallest absolute Gasteiger partial charge is 0.407 e. The van der Waals surface area contributed by atoms with E-state index in [1.165, 1.54) is 0 Å². The molecule has 4 rings (SSSR count). The number of carbonyl (C=O) groups is 3. The van der Waals surface area contributed by atoms with Crippen LogP contribution in [0, 0.1) is 5.92 Å². The molecule has 8 nitrogen and oxygen atoms in total. The molecule has 1 fully saturated rings. The quantitative estimate of drug-likeness (QED) is 0.436. The highest BCUT2D eigenvalue weighted by Gasteiger charge is 2.32. The molecule has 35 heavy (non-hydrogen) atoms. The van der Waals surface area contributed by atoms with E-state index in [9.17, 15) is 19.5 Å². The van der Waals surface area contributed by atoms with E-state index in [0.717, 1.165) is 47.9 Å². The summed E-state index contributed by atoms with van der Waals surface area (Å²) < 4.78 is 5.54. The lowest BCUT2D eigenvalue weighted by atomic mass is 9.85. The number of aliphatic carboxylic acids is 1. The average Bonchev–Trinajstić information content (AvgIpc) is 3.19. The third-order valence-corrected chi connectivity index (χ3v) is 7.07. The Balaban J connectivity index is 1.40. The van der Waals surface area contributed by atoms with Crippen molar-refractivity contribution in [3.8, 4) is 11.1 Å². The molecule has 2 aliphatic rings. The molecule has 0 aromatic heterocycles. The number of hydrogen-bond acceptors (Lipinski definition) is 5. The number of amides is 2. The largest absolute Gasteiger partial charge is 0.481 e. The van der Waals surface area contributed by atoms with Crippen LogP contribution in [0.1, 0.15) is 55.6 Å². The second kappa shape index (κ2) is 11.4. The molecule has 0 saturated heterocycles. The fourth-order valence-electron chi connectivity index (χ4n) is 5.22. The van der Waals surface area contributed by atoms with Gasteiger partial charge in [0.2, 0.25) is 5.91 Å². The van der Waals surface area contributed by atoms with Crippen molar-refractivity contribution < 1.29 is 29.3 Å². The third-order valence-electron chi connectivity index (χ3n) is 7.07. The van der Waals surface area contributed by atoms with Gasteiger partial charge in [0.25, 0.3) is 0 Å². The molecule has 0 spiro atoms. The topological polar surface area (TPSA) is 125 Å². The Morgan fingerprint density at radius 1 is 0.971 bits per heavy atom. The van der Waals surface area contributed by atoms with Gasteiger partial charge in [0, 0.05) is 30.9 Å². The van der Waals surface area contributed by atoms with Crippen molar-refractivity contribution in [1.29, 1.82) is 0 Å². The van der Waals surface area contributed by atoms with E-state index in [0.29, 0.717) is 0 Å². The number of alkyl carbamates (subject to hydrolysis) is 1. The molecule has 2 amide bonds. The van der Waals surface area contributed by atoms with Gasteiger partial charge in [-0.2, -0.15) is 0 Å². The second-order valence-electron chi connectivity index (χ2n) is 9.30. The highest BCUT2D eigenvalue weighted by atomic mass is 16.5. The number of rotatable bonds is 9. The third kappa shape index (κ3) is 5.82. The first-order chi connectivity index (χ1) is 17.0. The van der Waals surface area contributed by atoms with Gasteiger partial charge in [0.15, 0.2) is 0 Å². The Hall–Kier alpha value is -3.39. The van der Waals surface area contributed by atoms with E-state index in [2.05, 4.69) is 10.6 Å². The number of aliphatic hydroxyl groups is 1. The molecule has 0 aliphatic heterocycles. The average molecular weight is 481 g/mol. The normalized spacial score (nSPS) is 19.8. The fraction of sp³-hybridized carbons (Fsp3) is 0.444. The van der Waals surface area contributed by atoms with Crippen molar-refractivity contribution >= 4 is 18.0 Å². The van der Waals surface area contributed by atoms with Crippen LogP contribution in [0.3, 0.4) is 0 Å². The molecule has 0 bridgehead atoms. The fourth-order valence-corrected chi connectivity index (χ4v) is 5.22. The SMILES string of the molecule is O=C(O)CCC(NC(=O)OCC1c2ccccc2-c2ccccc21)C(=O)NC1CCCCC1CO. The minimum Gasteiger partial charge on any atom is -0.481 e. The molecular weight excluding hydrogens is 448 g/mol. The summed E-state index contributed by atoms with van der Waals surface area (Å²) in [5.74, 6) is -1.66. The first-order valence-electron chi connectivity index (χ1n) is 12.2. The van der Waals surface area contributed by atoms with Crippen LogP contribution in [0.25, 0.3) is 11.1 Å². The summed E-state index contributed by atoms with van der Waals surface area (Å²) in [5.41, 5.74) is 4.38. The zero-order valence-electron chi connectivity index (χ0n) is 19.6. The maximum Gasteiger partial charge on any atom is 0.407 e. The zero-order valence-corrected chi connectivity index (χ0v) is 19.6. The van der Waals surface area contributed by atoms with Crippen molar-refractivity contribution in [3.05, 3.63) is 59.7 Å². The Kier molecular flexibility index (Phi) is 8.02. The minimum atomic E-state index is -1.05. The van der Waals surface area contributed by atoms with E-state index in [1.807, 2.05) is 48.5 Å². The van der Waals surface area contributed by atoms with E-state index in [4.69, 9.17) is 9.84 Å². The lowest BCUT2D eigenvalue weighted by molar-refractivity contribution is -0.137. The first-order valence-corrected chi connectivity index (χ1v) is 12.2. The summed E-state index contributed by atoms with van der Waals surface area (Å²) in [6.45, 7) is 0.0763. The lowest BCUT2D eigenvalue weighted by Gasteiger charge is -2.32. The Morgan fingerprint density at radius 2 is 1.60 bits per heavy atom. The van der Waals surface area contributed by atoms with Gasteiger partial charge in [-0.15, -0.1) is 0 Å².